The van der Waals surface area contributed by atoms with E-state index in [9.17, 15) is 22.4 Å². The SMILES string of the molecule is Cc1ccccc1CN(C(=O)CN(c1ccccc1)S(=O)(=O)c1ccc(F)cc1)[C@H](Cc1ccccc1)C(=O)NC1CCCC1. The number of sulfonamides is 1. The summed E-state index contributed by atoms with van der Waals surface area (Å²) in [5, 5.41) is 3.18. The highest BCUT2D eigenvalue weighted by atomic mass is 32.2. The summed E-state index contributed by atoms with van der Waals surface area (Å²) >= 11 is 0. The van der Waals surface area contributed by atoms with Gasteiger partial charge in [0.05, 0.1) is 10.6 Å². The van der Waals surface area contributed by atoms with Gasteiger partial charge in [-0.15, -0.1) is 0 Å². The molecule has 7 nitrogen and oxygen atoms in total. The molecule has 9 heteroatoms. The summed E-state index contributed by atoms with van der Waals surface area (Å²) in [6.07, 6.45) is 4.09. The van der Waals surface area contributed by atoms with Gasteiger partial charge in [0, 0.05) is 19.0 Å². The smallest absolute Gasteiger partial charge is 0.264 e. The molecular weight excluding hydrogens is 589 g/mol. The van der Waals surface area contributed by atoms with Crippen molar-refractivity contribution in [1.29, 1.82) is 0 Å². The first-order chi connectivity index (χ1) is 21.7. The van der Waals surface area contributed by atoms with Gasteiger partial charge in [0.2, 0.25) is 11.8 Å². The molecule has 2 amide bonds. The van der Waals surface area contributed by atoms with Gasteiger partial charge in [-0.25, -0.2) is 12.8 Å². The third-order valence-corrected chi connectivity index (χ3v) is 10.1. The van der Waals surface area contributed by atoms with E-state index in [1.54, 1.807) is 30.3 Å². The van der Waals surface area contributed by atoms with E-state index in [2.05, 4.69) is 5.32 Å². The highest BCUT2D eigenvalue weighted by Gasteiger charge is 2.35. The van der Waals surface area contributed by atoms with Gasteiger partial charge >= 0.3 is 0 Å². The van der Waals surface area contributed by atoms with E-state index in [0.29, 0.717) is 0 Å². The molecule has 4 aromatic rings. The number of carbonyl (C=O) groups is 2. The molecule has 0 aliphatic heterocycles. The number of nitrogens with one attached hydrogen (secondary N) is 1. The fourth-order valence-electron chi connectivity index (χ4n) is 5.75. The largest absolute Gasteiger partial charge is 0.352 e. The number of hydrogen-bond donors (Lipinski definition) is 1. The van der Waals surface area contributed by atoms with Crippen LogP contribution in [0.25, 0.3) is 0 Å². The van der Waals surface area contributed by atoms with Crippen LogP contribution < -0.4 is 9.62 Å². The lowest BCUT2D eigenvalue weighted by Crippen LogP contribution is -2.54. The van der Waals surface area contributed by atoms with Gasteiger partial charge in [-0.05, 0) is 72.9 Å². The number of anilines is 1. The topological polar surface area (TPSA) is 86.8 Å². The molecule has 0 radical (unpaired) electrons. The molecule has 1 fully saturated rings. The van der Waals surface area contributed by atoms with E-state index < -0.39 is 34.3 Å². The first-order valence-corrected chi connectivity index (χ1v) is 16.7. The minimum Gasteiger partial charge on any atom is -0.352 e. The van der Waals surface area contributed by atoms with Crippen LogP contribution in [0.3, 0.4) is 0 Å². The van der Waals surface area contributed by atoms with Gasteiger partial charge in [0.25, 0.3) is 10.0 Å². The second kappa shape index (κ2) is 14.5. The molecule has 0 heterocycles. The second-order valence-corrected chi connectivity index (χ2v) is 13.3. The lowest BCUT2D eigenvalue weighted by molar-refractivity contribution is -0.140. The summed E-state index contributed by atoms with van der Waals surface area (Å²) < 4.78 is 42.8. The van der Waals surface area contributed by atoms with Crippen LogP contribution in [-0.2, 0) is 32.6 Å². The molecule has 0 saturated heterocycles. The van der Waals surface area contributed by atoms with Crippen molar-refractivity contribution in [3.63, 3.8) is 0 Å². The molecule has 0 bridgehead atoms. The highest BCUT2D eigenvalue weighted by molar-refractivity contribution is 7.92. The lowest BCUT2D eigenvalue weighted by Gasteiger charge is -2.34. The number of amides is 2. The van der Waals surface area contributed by atoms with Crippen LogP contribution in [0.15, 0.2) is 114 Å². The Kier molecular flexibility index (Phi) is 10.3. The summed E-state index contributed by atoms with van der Waals surface area (Å²) in [4.78, 5) is 29.9. The number of nitrogens with zero attached hydrogens (tertiary/aromatic N) is 2. The summed E-state index contributed by atoms with van der Waals surface area (Å²) in [7, 11) is -4.29. The van der Waals surface area contributed by atoms with Crippen LogP contribution in [0, 0.1) is 12.7 Å². The number of para-hydroxylation sites is 1. The average Bonchev–Trinajstić information content (AvgIpc) is 3.56. The zero-order chi connectivity index (χ0) is 31.8. The molecule has 0 aromatic heterocycles. The maximum absolute atomic E-state index is 14.5. The first kappa shape index (κ1) is 31.9. The Labute approximate surface area is 264 Å². The van der Waals surface area contributed by atoms with Crippen molar-refractivity contribution in [2.45, 2.75) is 62.6 Å². The number of hydrogen-bond acceptors (Lipinski definition) is 4. The predicted octanol–water partition coefficient (Wildman–Crippen LogP) is 6.03. The molecule has 1 aliphatic carbocycles. The molecule has 234 valence electrons. The first-order valence-electron chi connectivity index (χ1n) is 15.2. The Morgan fingerprint density at radius 3 is 2.09 bits per heavy atom. The van der Waals surface area contributed by atoms with E-state index in [1.807, 2.05) is 61.5 Å². The second-order valence-electron chi connectivity index (χ2n) is 11.4. The Bertz CT molecular complexity index is 1690. The zero-order valence-corrected chi connectivity index (χ0v) is 26.1. The van der Waals surface area contributed by atoms with Crippen LogP contribution >= 0.6 is 0 Å². The molecule has 1 atom stereocenters. The fraction of sp³-hybridized carbons (Fsp3) is 0.278. The van der Waals surface area contributed by atoms with Gasteiger partial charge in [-0.1, -0.05) is 85.6 Å². The third kappa shape index (κ3) is 7.97. The van der Waals surface area contributed by atoms with Gasteiger partial charge < -0.3 is 10.2 Å². The van der Waals surface area contributed by atoms with Crippen molar-refractivity contribution >= 4 is 27.5 Å². The molecule has 1 aliphatic rings. The summed E-state index contributed by atoms with van der Waals surface area (Å²) in [5.74, 6) is -1.37. The van der Waals surface area contributed by atoms with Crippen LogP contribution in [0.4, 0.5) is 10.1 Å². The van der Waals surface area contributed by atoms with Crippen molar-refractivity contribution in [3.8, 4) is 0 Å². The van der Waals surface area contributed by atoms with E-state index in [-0.39, 0.29) is 35.5 Å². The fourth-order valence-corrected chi connectivity index (χ4v) is 7.16. The molecule has 0 spiro atoms. The lowest BCUT2D eigenvalue weighted by atomic mass is 10.0. The molecular formula is C36H38FN3O4S. The number of benzene rings is 4. The van der Waals surface area contributed by atoms with Crippen molar-refractivity contribution in [2.24, 2.45) is 0 Å². The number of halogens is 1. The summed E-state index contributed by atoms with van der Waals surface area (Å²) in [6, 6.07) is 29.1. The minimum absolute atomic E-state index is 0.0332. The Morgan fingerprint density at radius 1 is 0.844 bits per heavy atom. The maximum Gasteiger partial charge on any atom is 0.264 e. The molecule has 1 saturated carbocycles. The van der Waals surface area contributed by atoms with Gasteiger partial charge in [-0.3, -0.25) is 13.9 Å². The zero-order valence-electron chi connectivity index (χ0n) is 25.3. The van der Waals surface area contributed by atoms with Gasteiger partial charge in [0.1, 0.15) is 18.4 Å². The van der Waals surface area contributed by atoms with Crippen molar-refractivity contribution in [1.82, 2.24) is 10.2 Å². The Hall–Kier alpha value is -4.50. The van der Waals surface area contributed by atoms with E-state index in [1.165, 1.54) is 17.0 Å². The molecule has 1 N–H and O–H groups in total. The molecule has 5 rings (SSSR count). The van der Waals surface area contributed by atoms with Crippen molar-refractivity contribution in [3.05, 3.63) is 132 Å². The number of carbonyl (C=O) groups excluding carboxylic acids is 2. The average molecular weight is 628 g/mol. The summed E-state index contributed by atoms with van der Waals surface area (Å²) in [5.41, 5.74) is 2.96. The monoisotopic (exact) mass is 627 g/mol. The standard InChI is InChI=1S/C36H38FN3O4S/c1-27-12-8-9-15-29(27)25-39(34(24-28-13-4-2-5-14-28)36(42)38-31-16-10-11-17-31)35(41)26-40(32-18-6-3-7-19-32)45(43,44)33-22-20-30(37)21-23-33/h2-9,12-15,18-23,31,34H,10-11,16-17,24-26H2,1H3,(H,38,42)/t34-/m1/s1. The Balaban J connectivity index is 1.56. The normalized spacial score (nSPS) is 14.1. The summed E-state index contributed by atoms with van der Waals surface area (Å²) in [6.45, 7) is 1.50. The third-order valence-electron chi connectivity index (χ3n) is 8.30. The molecule has 0 unspecified atom stereocenters. The maximum atomic E-state index is 14.5. The Morgan fingerprint density at radius 2 is 1.44 bits per heavy atom. The molecule has 45 heavy (non-hydrogen) atoms. The van der Waals surface area contributed by atoms with Crippen LogP contribution in [-0.4, -0.2) is 43.8 Å². The highest BCUT2D eigenvalue weighted by Crippen LogP contribution is 2.26. The van der Waals surface area contributed by atoms with Crippen LogP contribution in [0.1, 0.15) is 42.4 Å². The number of aryl methyl sites for hydroxylation is 1. The minimum atomic E-state index is -4.29. The van der Waals surface area contributed by atoms with Crippen LogP contribution in [0.2, 0.25) is 0 Å². The molecule has 4 aromatic carbocycles. The number of rotatable bonds is 12. The van der Waals surface area contributed by atoms with E-state index >= 15 is 0 Å². The van der Waals surface area contributed by atoms with Crippen molar-refractivity contribution in [2.75, 3.05) is 10.8 Å². The van der Waals surface area contributed by atoms with E-state index in [4.69, 9.17) is 0 Å². The van der Waals surface area contributed by atoms with Crippen molar-refractivity contribution < 1.29 is 22.4 Å². The van der Waals surface area contributed by atoms with Gasteiger partial charge in [0.15, 0.2) is 0 Å². The predicted molar refractivity (Wildman–Crippen MR) is 173 cm³/mol. The van der Waals surface area contributed by atoms with Gasteiger partial charge in [-0.2, -0.15) is 0 Å². The quantitative estimate of drug-likeness (QED) is 0.208. The van der Waals surface area contributed by atoms with E-state index in [0.717, 1.165) is 58.8 Å². The van der Waals surface area contributed by atoms with Crippen LogP contribution in [0.5, 0.6) is 0 Å².